The molecule has 2 aliphatic rings. The van der Waals surface area contributed by atoms with Gasteiger partial charge < -0.3 is 14.8 Å². The number of fused-ring (bicyclic) bond motifs is 1. The summed E-state index contributed by atoms with van der Waals surface area (Å²) in [5, 5.41) is 9.06. The van der Waals surface area contributed by atoms with Crippen molar-refractivity contribution < 1.29 is 14.3 Å². The molecular formula is C23H20Cl2N4O3. The summed E-state index contributed by atoms with van der Waals surface area (Å²) in [7, 11) is 3.19. The largest absolute Gasteiger partial charge is 0.497 e. The molecule has 2 heterocycles. The number of carbonyl (C=O) groups is 1. The number of carbonyl (C=O) groups excluding carboxylic acids is 1. The van der Waals surface area contributed by atoms with Crippen LogP contribution in [-0.2, 0) is 4.79 Å². The van der Waals surface area contributed by atoms with Crippen molar-refractivity contribution in [2.24, 2.45) is 0 Å². The van der Waals surface area contributed by atoms with Crippen LogP contribution in [0.25, 0.3) is 11.4 Å². The van der Waals surface area contributed by atoms with Crippen molar-refractivity contribution >= 4 is 34.9 Å². The first-order valence-electron chi connectivity index (χ1n) is 10.2. The fraction of sp³-hybridized carbons (Fsp3) is 0.261. The molecule has 0 radical (unpaired) electrons. The van der Waals surface area contributed by atoms with Gasteiger partial charge in [0.25, 0.3) is 0 Å². The Morgan fingerprint density at radius 3 is 2.69 bits per heavy atom. The van der Waals surface area contributed by atoms with E-state index in [0.29, 0.717) is 50.9 Å². The number of methoxy groups -OCH3 is 2. The van der Waals surface area contributed by atoms with Crippen LogP contribution in [0.4, 0.5) is 5.95 Å². The fourth-order valence-corrected chi connectivity index (χ4v) is 4.77. The third-order valence-electron chi connectivity index (χ3n) is 5.78. The van der Waals surface area contributed by atoms with Crippen LogP contribution in [0.15, 0.2) is 47.7 Å². The predicted molar refractivity (Wildman–Crippen MR) is 123 cm³/mol. The monoisotopic (exact) mass is 470 g/mol. The molecule has 1 N–H and O–H groups in total. The zero-order valence-corrected chi connectivity index (χ0v) is 19.0. The number of halogens is 2. The maximum atomic E-state index is 13.1. The van der Waals surface area contributed by atoms with Crippen molar-refractivity contribution in [2.75, 3.05) is 19.5 Å². The second kappa shape index (κ2) is 8.15. The van der Waals surface area contributed by atoms with Crippen LogP contribution in [0.5, 0.6) is 11.5 Å². The molecule has 32 heavy (non-hydrogen) atoms. The molecule has 1 atom stereocenters. The van der Waals surface area contributed by atoms with Crippen LogP contribution >= 0.6 is 23.2 Å². The molecule has 3 aromatic rings. The van der Waals surface area contributed by atoms with E-state index in [0.717, 1.165) is 24.1 Å². The number of hydrogen-bond donors (Lipinski definition) is 1. The highest BCUT2D eigenvalue weighted by Crippen LogP contribution is 2.44. The highest BCUT2D eigenvalue weighted by Gasteiger charge is 2.38. The molecule has 1 aliphatic heterocycles. The molecule has 0 amide bonds. The Balaban J connectivity index is 1.70. The van der Waals surface area contributed by atoms with Crippen molar-refractivity contribution in [3.8, 4) is 22.9 Å². The molecule has 164 valence electrons. The lowest BCUT2D eigenvalue weighted by Crippen LogP contribution is -2.31. The second-order valence-electron chi connectivity index (χ2n) is 7.63. The van der Waals surface area contributed by atoms with Crippen LogP contribution in [0.3, 0.4) is 0 Å². The lowest BCUT2D eigenvalue weighted by molar-refractivity contribution is -0.116. The van der Waals surface area contributed by atoms with Crippen molar-refractivity contribution in [2.45, 2.75) is 25.3 Å². The van der Waals surface area contributed by atoms with Gasteiger partial charge in [-0.3, -0.25) is 4.79 Å². The van der Waals surface area contributed by atoms with Crippen LogP contribution in [-0.4, -0.2) is 34.8 Å². The van der Waals surface area contributed by atoms with E-state index in [-0.39, 0.29) is 5.78 Å². The SMILES string of the molecule is COc1ccc(C2C3=C(CCCC3=O)Nc3nc(-c4ccc(Cl)cc4Cl)nn32)c(OC)c1. The Labute approximate surface area is 195 Å². The number of ketones is 1. The van der Waals surface area contributed by atoms with Crippen molar-refractivity contribution in [1.82, 2.24) is 14.8 Å². The van der Waals surface area contributed by atoms with E-state index in [2.05, 4.69) is 5.32 Å². The van der Waals surface area contributed by atoms with E-state index in [1.54, 1.807) is 43.2 Å². The highest BCUT2D eigenvalue weighted by atomic mass is 35.5. The van der Waals surface area contributed by atoms with Gasteiger partial charge in [-0.05, 0) is 43.2 Å². The molecule has 1 aromatic heterocycles. The van der Waals surface area contributed by atoms with E-state index >= 15 is 0 Å². The Morgan fingerprint density at radius 1 is 1.09 bits per heavy atom. The Hall–Kier alpha value is -3.03. The lowest BCUT2D eigenvalue weighted by Gasteiger charge is -2.32. The van der Waals surface area contributed by atoms with E-state index in [1.807, 2.05) is 12.1 Å². The third kappa shape index (κ3) is 3.42. The van der Waals surface area contributed by atoms with Gasteiger partial charge in [0.2, 0.25) is 5.95 Å². The van der Waals surface area contributed by atoms with Gasteiger partial charge in [-0.25, -0.2) is 4.68 Å². The van der Waals surface area contributed by atoms with Gasteiger partial charge in [0.05, 0.1) is 19.2 Å². The summed E-state index contributed by atoms with van der Waals surface area (Å²) in [5.74, 6) is 2.35. The summed E-state index contributed by atoms with van der Waals surface area (Å²) in [5.41, 5.74) is 3.02. The predicted octanol–water partition coefficient (Wildman–Crippen LogP) is 5.29. The first kappa shape index (κ1) is 20.8. The number of aromatic nitrogens is 3. The minimum atomic E-state index is -0.484. The van der Waals surface area contributed by atoms with Crippen LogP contribution in [0.1, 0.15) is 30.9 Å². The molecule has 0 saturated heterocycles. The molecule has 9 heteroatoms. The number of nitrogens with one attached hydrogen (secondary N) is 1. The molecular weight excluding hydrogens is 451 g/mol. The molecule has 0 spiro atoms. The molecule has 2 aromatic carbocycles. The quantitative estimate of drug-likeness (QED) is 0.557. The van der Waals surface area contributed by atoms with E-state index in [1.165, 1.54) is 0 Å². The zero-order valence-electron chi connectivity index (χ0n) is 17.5. The molecule has 0 fully saturated rings. The van der Waals surface area contributed by atoms with E-state index in [9.17, 15) is 4.79 Å². The van der Waals surface area contributed by atoms with Crippen LogP contribution in [0, 0.1) is 0 Å². The molecule has 0 bridgehead atoms. The van der Waals surface area contributed by atoms with E-state index in [4.69, 9.17) is 42.8 Å². The zero-order chi connectivity index (χ0) is 22.4. The number of ether oxygens (including phenoxy) is 2. The summed E-state index contributed by atoms with van der Waals surface area (Å²) >= 11 is 12.5. The van der Waals surface area contributed by atoms with Gasteiger partial charge in [0.1, 0.15) is 17.5 Å². The summed E-state index contributed by atoms with van der Waals surface area (Å²) in [6, 6.07) is 10.3. The average Bonchev–Trinajstić information content (AvgIpc) is 3.20. The minimum absolute atomic E-state index is 0.0915. The fourth-order valence-electron chi connectivity index (χ4n) is 4.27. The highest BCUT2D eigenvalue weighted by molar-refractivity contribution is 6.36. The van der Waals surface area contributed by atoms with Gasteiger partial charge in [-0.2, -0.15) is 4.98 Å². The number of rotatable bonds is 4. The molecule has 1 unspecified atom stereocenters. The summed E-state index contributed by atoms with van der Waals surface area (Å²) < 4.78 is 12.7. The van der Waals surface area contributed by atoms with Crippen LogP contribution < -0.4 is 14.8 Å². The minimum Gasteiger partial charge on any atom is -0.497 e. The smallest absolute Gasteiger partial charge is 0.226 e. The maximum absolute atomic E-state index is 13.1. The first-order chi connectivity index (χ1) is 15.5. The Morgan fingerprint density at radius 2 is 1.94 bits per heavy atom. The molecule has 5 rings (SSSR count). The van der Waals surface area contributed by atoms with Gasteiger partial charge in [0, 0.05) is 39.9 Å². The van der Waals surface area contributed by atoms with E-state index < -0.39 is 6.04 Å². The van der Waals surface area contributed by atoms with Gasteiger partial charge in [-0.15, -0.1) is 5.10 Å². The summed E-state index contributed by atoms with van der Waals surface area (Å²) in [4.78, 5) is 17.7. The topological polar surface area (TPSA) is 78.3 Å². The Kier molecular flexibility index (Phi) is 5.31. The Bertz CT molecular complexity index is 1270. The molecule has 7 nitrogen and oxygen atoms in total. The van der Waals surface area contributed by atoms with Gasteiger partial charge >= 0.3 is 0 Å². The van der Waals surface area contributed by atoms with Gasteiger partial charge in [0.15, 0.2) is 11.6 Å². The third-order valence-corrected chi connectivity index (χ3v) is 6.32. The number of Topliss-reactive ketones (excluding diaryl/α,β-unsaturated/α-hetero) is 1. The van der Waals surface area contributed by atoms with Crippen molar-refractivity contribution in [3.05, 3.63) is 63.3 Å². The number of benzene rings is 2. The number of anilines is 1. The normalized spacial score (nSPS) is 17.5. The van der Waals surface area contributed by atoms with Crippen LogP contribution in [0.2, 0.25) is 10.0 Å². The first-order valence-corrected chi connectivity index (χ1v) is 10.9. The van der Waals surface area contributed by atoms with Crippen molar-refractivity contribution in [3.63, 3.8) is 0 Å². The summed E-state index contributed by atoms with van der Waals surface area (Å²) in [6.45, 7) is 0. The molecule has 1 aliphatic carbocycles. The number of hydrogen-bond acceptors (Lipinski definition) is 6. The lowest BCUT2D eigenvalue weighted by atomic mass is 9.85. The number of nitrogens with zero attached hydrogens (tertiary/aromatic N) is 3. The number of allylic oxidation sites excluding steroid dienone is 2. The summed E-state index contributed by atoms with van der Waals surface area (Å²) in [6.07, 6.45) is 2.05. The maximum Gasteiger partial charge on any atom is 0.226 e. The second-order valence-corrected chi connectivity index (χ2v) is 8.48. The standard InChI is InChI=1S/C23H20Cl2N4O3/c1-31-13-7-9-15(19(11-13)32-2)21-20-17(4-3-5-18(20)30)26-23-27-22(28-29(21)23)14-8-6-12(24)10-16(14)25/h6-11,21H,3-5H2,1-2H3,(H,26,27,28). The van der Waals surface area contributed by atoms with Crippen molar-refractivity contribution in [1.29, 1.82) is 0 Å². The average molecular weight is 471 g/mol. The molecule has 0 saturated carbocycles. The van der Waals surface area contributed by atoms with Gasteiger partial charge in [-0.1, -0.05) is 23.2 Å².